The number of carbonyl (C=O) groups excluding carboxylic acids is 7. The Bertz CT molecular complexity index is 1200. The molecule has 7 atom stereocenters. The molecule has 272 valence electrons. The third-order valence-electron chi connectivity index (χ3n) is 6.60. The van der Waals surface area contributed by atoms with Gasteiger partial charge in [-0.2, -0.15) is 0 Å². The Kier molecular flexibility index (Phi) is 18.9. The second-order valence-electron chi connectivity index (χ2n) is 11.1. The number of primary amides is 1. The zero-order valence-electron chi connectivity index (χ0n) is 27.0. The van der Waals surface area contributed by atoms with Crippen LogP contribution in [0.5, 0.6) is 0 Å². The highest BCUT2D eigenvalue weighted by Gasteiger charge is 2.33. The van der Waals surface area contributed by atoms with Crippen LogP contribution in [-0.4, -0.2) is 129 Å². The van der Waals surface area contributed by atoms with Crippen molar-refractivity contribution in [3.63, 3.8) is 0 Å². The lowest BCUT2D eigenvalue weighted by molar-refractivity contribution is -0.139. The van der Waals surface area contributed by atoms with Gasteiger partial charge in [0.15, 0.2) is 0 Å². The number of hydrogen-bond donors (Lipinski definition) is 12. The first kappa shape index (κ1) is 43.1. The molecule has 21 nitrogen and oxygen atoms in total. The van der Waals surface area contributed by atoms with Crippen LogP contribution in [0.2, 0.25) is 0 Å². The zero-order valence-corrected chi connectivity index (χ0v) is 27.0. The third kappa shape index (κ3) is 16.1. The fraction of sp³-hybridized carbons (Fsp3) is 0.667. The highest BCUT2D eigenvalue weighted by molar-refractivity contribution is 5.97. The number of aliphatic hydroxyl groups excluding tert-OH is 2. The quantitative estimate of drug-likeness (QED) is 0.0503. The predicted octanol–water partition coefficient (Wildman–Crippen LogP) is -5.88. The fourth-order valence-corrected chi connectivity index (χ4v) is 3.84. The summed E-state index contributed by atoms with van der Waals surface area (Å²) >= 11 is 0. The van der Waals surface area contributed by atoms with E-state index in [1.54, 1.807) is 13.8 Å². The third-order valence-corrected chi connectivity index (χ3v) is 6.60. The van der Waals surface area contributed by atoms with Gasteiger partial charge in [0.05, 0.1) is 12.7 Å². The largest absolute Gasteiger partial charge is 0.481 e. The normalized spacial score (nSPS) is 15.2. The number of nitrogens with one attached hydrogen (secondary N) is 6. The second kappa shape index (κ2) is 21.1. The molecular formula is C27H46N8O13. The molecule has 0 aliphatic rings. The van der Waals surface area contributed by atoms with E-state index in [2.05, 4.69) is 26.6 Å². The van der Waals surface area contributed by atoms with E-state index in [1.807, 2.05) is 5.32 Å². The van der Waals surface area contributed by atoms with Crippen LogP contribution in [0.25, 0.3) is 0 Å². The molecule has 0 aromatic rings. The van der Waals surface area contributed by atoms with Crippen LogP contribution in [-0.2, 0) is 43.2 Å². The molecule has 21 heteroatoms. The Labute approximate surface area is 275 Å². The van der Waals surface area contributed by atoms with E-state index in [0.717, 1.165) is 6.92 Å². The molecule has 0 aromatic heterocycles. The van der Waals surface area contributed by atoms with Crippen LogP contribution < -0.4 is 43.4 Å². The Balaban J connectivity index is 5.87. The minimum absolute atomic E-state index is 0.392. The van der Waals surface area contributed by atoms with Gasteiger partial charge in [0.2, 0.25) is 41.4 Å². The van der Waals surface area contributed by atoms with Crippen molar-refractivity contribution in [1.82, 2.24) is 31.9 Å². The van der Waals surface area contributed by atoms with Gasteiger partial charge in [0, 0.05) is 12.8 Å². The molecule has 0 aromatic carbocycles. The molecule has 48 heavy (non-hydrogen) atoms. The molecule has 7 amide bonds. The number of aliphatic carboxylic acids is 2. The Morgan fingerprint density at radius 3 is 1.58 bits per heavy atom. The van der Waals surface area contributed by atoms with Crippen LogP contribution in [0.3, 0.4) is 0 Å². The summed E-state index contributed by atoms with van der Waals surface area (Å²) in [5.74, 6) is -10.0. The van der Waals surface area contributed by atoms with Crippen LogP contribution in [0, 0.1) is 5.92 Å². The van der Waals surface area contributed by atoms with Crippen molar-refractivity contribution in [2.75, 3.05) is 13.2 Å². The van der Waals surface area contributed by atoms with E-state index in [1.165, 1.54) is 6.92 Å². The van der Waals surface area contributed by atoms with Gasteiger partial charge in [-0.25, -0.2) is 0 Å². The van der Waals surface area contributed by atoms with Crippen molar-refractivity contribution in [2.45, 2.75) is 95.7 Å². The van der Waals surface area contributed by atoms with E-state index in [9.17, 15) is 48.3 Å². The highest BCUT2D eigenvalue weighted by Crippen LogP contribution is 2.07. The standard InChI is InChI=1S/C27H46N8O13/c1-11(2)20(34-23(44)14(28)10-36)27(48)33-16(6-8-18(39)40)24(45)31-12(3)22(43)32-15(5-7-17(29)38)25(46)35-21(13(4)37)26(47)30-9-19(41)42/h11-16,20-21,36-37H,5-10,28H2,1-4H3,(H2,29,38)(H,30,47)(H,31,45)(H,32,43)(H,33,48)(H,34,44)(H,35,46)(H,39,40)(H,41,42)/t12-,13+,14-,15-,16-,20-,21-/m0/s1. The van der Waals surface area contributed by atoms with Crippen LogP contribution in [0.4, 0.5) is 0 Å². The minimum atomic E-state index is -1.67. The van der Waals surface area contributed by atoms with Gasteiger partial charge < -0.3 is 63.8 Å². The molecule has 0 bridgehead atoms. The molecule has 0 unspecified atom stereocenters. The average Bonchev–Trinajstić information content (AvgIpc) is 2.99. The van der Waals surface area contributed by atoms with Crippen molar-refractivity contribution in [1.29, 1.82) is 0 Å². The number of carboxylic acids is 2. The topological polar surface area (TPSA) is 359 Å². The number of nitrogens with two attached hydrogens (primary N) is 2. The predicted molar refractivity (Wildman–Crippen MR) is 163 cm³/mol. The summed E-state index contributed by atoms with van der Waals surface area (Å²) in [6.07, 6.45) is -3.38. The summed E-state index contributed by atoms with van der Waals surface area (Å²) in [6.45, 7) is 3.89. The molecule has 0 heterocycles. The summed E-state index contributed by atoms with van der Waals surface area (Å²) in [6, 6.07) is -8.79. The molecule has 0 spiro atoms. The molecule has 0 aliphatic carbocycles. The SMILES string of the molecule is CC(C)[C@H](NC(=O)[C@@H](N)CO)C(=O)N[C@@H](CCC(=O)O)C(=O)N[C@@H](C)C(=O)N[C@@H](CCC(N)=O)C(=O)N[C@H](C(=O)NCC(=O)O)[C@@H](C)O. The van der Waals surface area contributed by atoms with Crippen LogP contribution >= 0.6 is 0 Å². The number of amides is 7. The number of aliphatic hydroxyl groups is 2. The summed E-state index contributed by atoms with van der Waals surface area (Å²) < 4.78 is 0. The molecule has 0 aliphatic heterocycles. The molecule has 0 fully saturated rings. The average molecular weight is 691 g/mol. The lowest BCUT2D eigenvalue weighted by atomic mass is 10.0. The Hall–Kier alpha value is -4.89. The van der Waals surface area contributed by atoms with E-state index in [0.29, 0.717) is 0 Å². The molecule has 0 rings (SSSR count). The maximum Gasteiger partial charge on any atom is 0.322 e. The van der Waals surface area contributed by atoms with Gasteiger partial charge in [0.25, 0.3) is 0 Å². The number of hydrogen-bond acceptors (Lipinski definition) is 12. The van der Waals surface area contributed by atoms with Crippen molar-refractivity contribution in [3.05, 3.63) is 0 Å². The summed E-state index contributed by atoms with van der Waals surface area (Å²) in [7, 11) is 0. The number of carboxylic acid groups (broad SMARTS) is 2. The number of carbonyl (C=O) groups is 9. The molecule has 0 saturated heterocycles. The van der Waals surface area contributed by atoms with E-state index < -0.39 is 140 Å². The maximum absolute atomic E-state index is 13.1. The second-order valence-corrected chi connectivity index (χ2v) is 11.1. The summed E-state index contributed by atoms with van der Waals surface area (Å²) in [5.41, 5.74) is 10.6. The first-order valence-electron chi connectivity index (χ1n) is 14.8. The summed E-state index contributed by atoms with van der Waals surface area (Å²) in [5, 5.41) is 50.3. The highest BCUT2D eigenvalue weighted by atomic mass is 16.4. The van der Waals surface area contributed by atoms with E-state index in [4.69, 9.17) is 26.8 Å². The van der Waals surface area contributed by atoms with Gasteiger partial charge >= 0.3 is 11.9 Å². The monoisotopic (exact) mass is 690 g/mol. The lowest BCUT2D eigenvalue weighted by Gasteiger charge is -2.27. The fourth-order valence-electron chi connectivity index (χ4n) is 3.84. The van der Waals surface area contributed by atoms with Gasteiger partial charge in [-0.05, 0) is 32.6 Å². The van der Waals surface area contributed by atoms with Crippen molar-refractivity contribution < 1.29 is 63.6 Å². The minimum Gasteiger partial charge on any atom is -0.481 e. The van der Waals surface area contributed by atoms with Crippen molar-refractivity contribution >= 4 is 53.3 Å². The van der Waals surface area contributed by atoms with Gasteiger partial charge in [0.1, 0.15) is 42.8 Å². The molecule has 0 radical (unpaired) electrons. The van der Waals surface area contributed by atoms with Crippen LogP contribution in [0.1, 0.15) is 53.4 Å². The smallest absolute Gasteiger partial charge is 0.322 e. The first-order valence-corrected chi connectivity index (χ1v) is 14.8. The molecule has 14 N–H and O–H groups in total. The van der Waals surface area contributed by atoms with Crippen molar-refractivity contribution in [3.8, 4) is 0 Å². The van der Waals surface area contributed by atoms with Crippen LogP contribution in [0.15, 0.2) is 0 Å². The molecular weight excluding hydrogens is 644 g/mol. The maximum atomic E-state index is 13.1. The van der Waals surface area contributed by atoms with Gasteiger partial charge in [-0.3, -0.25) is 43.2 Å². The number of rotatable bonds is 22. The zero-order chi connectivity index (χ0) is 37.3. The van der Waals surface area contributed by atoms with Gasteiger partial charge in [-0.15, -0.1) is 0 Å². The summed E-state index contributed by atoms with van der Waals surface area (Å²) in [4.78, 5) is 110. The Morgan fingerprint density at radius 2 is 1.12 bits per heavy atom. The first-order chi connectivity index (χ1) is 22.2. The van der Waals surface area contributed by atoms with E-state index >= 15 is 0 Å². The molecule has 0 saturated carbocycles. The van der Waals surface area contributed by atoms with Gasteiger partial charge in [-0.1, -0.05) is 13.8 Å². The Morgan fingerprint density at radius 1 is 0.625 bits per heavy atom. The van der Waals surface area contributed by atoms with E-state index in [-0.39, 0.29) is 0 Å². The van der Waals surface area contributed by atoms with Crippen molar-refractivity contribution in [2.24, 2.45) is 17.4 Å². The lowest BCUT2D eigenvalue weighted by Crippen LogP contribution is -2.60.